The van der Waals surface area contributed by atoms with Crippen LogP contribution in [-0.4, -0.2) is 26.2 Å². The molecular formula is C24H33Cl2N3O2S. The number of sulfonamides is 1. The first kappa shape index (κ1) is 28.3. The van der Waals surface area contributed by atoms with E-state index >= 15 is 0 Å². The molecule has 0 radical (unpaired) electrons. The number of rotatable bonds is 8. The highest BCUT2D eigenvalue weighted by molar-refractivity contribution is 7.88. The maximum absolute atomic E-state index is 11.4. The SMILES string of the molecule is Cc1ccc(-c2c(CN)c(CC(C)C)nc3ccc(CCNS(C)(=O)=O)cc23)cc1.Cl.Cl. The van der Waals surface area contributed by atoms with Crippen molar-refractivity contribution in [3.8, 4) is 11.1 Å². The van der Waals surface area contributed by atoms with Gasteiger partial charge in [0.15, 0.2) is 0 Å². The minimum absolute atomic E-state index is 0. The number of halogens is 2. The summed E-state index contributed by atoms with van der Waals surface area (Å²) < 4.78 is 25.3. The third-order valence-electron chi connectivity index (χ3n) is 5.16. The average Bonchev–Trinajstić information content (AvgIpc) is 2.66. The minimum atomic E-state index is -3.20. The van der Waals surface area contributed by atoms with Gasteiger partial charge in [0.05, 0.1) is 11.8 Å². The number of fused-ring (bicyclic) bond motifs is 1. The number of hydrogen-bond acceptors (Lipinski definition) is 4. The lowest BCUT2D eigenvalue weighted by Crippen LogP contribution is -2.24. The molecule has 0 spiro atoms. The van der Waals surface area contributed by atoms with Gasteiger partial charge in [0.2, 0.25) is 10.0 Å². The van der Waals surface area contributed by atoms with Crippen molar-refractivity contribution in [3.05, 3.63) is 64.8 Å². The van der Waals surface area contributed by atoms with E-state index in [0.29, 0.717) is 25.4 Å². The lowest BCUT2D eigenvalue weighted by molar-refractivity contribution is 0.588. The number of pyridine rings is 1. The Morgan fingerprint density at radius 1 is 1.06 bits per heavy atom. The smallest absolute Gasteiger partial charge is 0.208 e. The first-order valence-electron chi connectivity index (χ1n) is 10.3. The summed E-state index contributed by atoms with van der Waals surface area (Å²) >= 11 is 0. The largest absolute Gasteiger partial charge is 0.326 e. The predicted molar refractivity (Wildman–Crippen MR) is 139 cm³/mol. The number of nitrogens with one attached hydrogen (secondary N) is 1. The van der Waals surface area contributed by atoms with Crippen molar-refractivity contribution in [2.24, 2.45) is 11.7 Å². The molecule has 0 amide bonds. The molecule has 0 aliphatic carbocycles. The van der Waals surface area contributed by atoms with E-state index in [1.54, 1.807) is 0 Å². The second-order valence-electron chi connectivity index (χ2n) is 8.35. The molecule has 0 aliphatic heterocycles. The summed E-state index contributed by atoms with van der Waals surface area (Å²) in [7, 11) is -3.20. The Morgan fingerprint density at radius 2 is 1.72 bits per heavy atom. The Labute approximate surface area is 204 Å². The first-order chi connectivity index (χ1) is 14.2. The molecule has 1 aromatic heterocycles. The van der Waals surface area contributed by atoms with Crippen molar-refractivity contribution in [3.63, 3.8) is 0 Å². The summed E-state index contributed by atoms with van der Waals surface area (Å²) in [5.74, 6) is 0.479. The van der Waals surface area contributed by atoms with Gasteiger partial charge in [-0.2, -0.15) is 0 Å². The Hall–Kier alpha value is -1.70. The van der Waals surface area contributed by atoms with E-state index in [0.717, 1.165) is 45.3 Å². The maximum atomic E-state index is 11.4. The zero-order valence-electron chi connectivity index (χ0n) is 19.0. The van der Waals surface area contributed by atoms with Gasteiger partial charge in [0.25, 0.3) is 0 Å². The Kier molecular flexibility index (Phi) is 10.6. The normalized spacial score (nSPS) is 11.3. The van der Waals surface area contributed by atoms with Crippen molar-refractivity contribution >= 4 is 45.7 Å². The summed E-state index contributed by atoms with van der Waals surface area (Å²) in [6.07, 6.45) is 2.67. The van der Waals surface area contributed by atoms with Gasteiger partial charge in [-0.25, -0.2) is 13.1 Å². The second-order valence-corrected chi connectivity index (χ2v) is 10.2. The van der Waals surface area contributed by atoms with Crippen LogP contribution in [0.4, 0.5) is 0 Å². The van der Waals surface area contributed by atoms with Crippen molar-refractivity contribution in [2.45, 2.75) is 40.2 Å². The van der Waals surface area contributed by atoms with Gasteiger partial charge < -0.3 is 5.73 Å². The quantitative estimate of drug-likeness (QED) is 0.467. The summed E-state index contributed by atoms with van der Waals surface area (Å²) in [6, 6.07) is 14.7. The standard InChI is InChI=1S/C24H31N3O2S.2ClH/c1-16(2)13-23-21(15-25)24(19-8-5-17(3)6-9-19)20-14-18(7-10-22(20)27-23)11-12-26-30(4,28)29;;/h5-10,14,16,26H,11-13,15,25H2,1-4H3;2*1H. The van der Waals surface area contributed by atoms with Gasteiger partial charge in [-0.1, -0.05) is 49.7 Å². The van der Waals surface area contributed by atoms with Crippen molar-refractivity contribution in [1.82, 2.24) is 9.71 Å². The van der Waals surface area contributed by atoms with Crippen LogP contribution in [0, 0.1) is 12.8 Å². The molecule has 0 saturated heterocycles. The van der Waals surface area contributed by atoms with Crippen LogP contribution in [0.15, 0.2) is 42.5 Å². The van der Waals surface area contributed by atoms with E-state index in [4.69, 9.17) is 10.7 Å². The second kappa shape index (κ2) is 12.0. The van der Waals surface area contributed by atoms with Gasteiger partial charge in [0.1, 0.15) is 0 Å². The molecule has 8 heteroatoms. The molecule has 2 aromatic carbocycles. The van der Waals surface area contributed by atoms with Crippen LogP contribution in [0.5, 0.6) is 0 Å². The summed E-state index contributed by atoms with van der Waals surface area (Å²) in [4.78, 5) is 4.96. The Morgan fingerprint density at radius 3 is 2.28 bits per heavy atom. The van der Waals surface area contributed by atoms with Crippen LogP contribution < -0.4 is 10.5 Å². The number of nitrogens with two attached hydrogens (primary N) is 1. The van der Waals surface area contributed by atoms with Crippen LogP contribution in [-0.2, 0) is 29.4 Å². The zero-order valence-corrected chi connectivity index (χ0v) is 21.5. The summed E-state index contributed by atoms with van der Waals surface area (Å²) in [5.41, 5.74) is 13.9. The predicted octanol–water partition coefficient (Wildman–Crippen LogP) is 4.80. The molecule has 0 atom stereocenters. The highest BCUT2D eigenvalue weighted by atomic mass is 35.5. The van der Waals surface area contributed by atoms with E-state index < -0.39 is 10.0 Å². The fourth-order valence-corrected chi connectivity index (χ4v) is 4.24. The molecule has 5 nitrogen and oxygen atoms in total. The summed E-state index contributed by atoms with van der Waals surface area (Å²) in [5, 5.41) is 1.06. The Balaban J connectivity index is 0.00000256. The molecule has 0 unspecified atom stereocenters. The van der Waals surface area contributed by atoms with Crippen LogP contribution >= 0.6 is 24.8 Å². The lowest BCUT2D eigenvalue weighted by atomic mass is 9.90. The number of benzene rings is 2. The molecule has 32 heavy (non-hydrogen) atoms. The fourth-order valence-electron chi connectivity index (χ4n) is 3.76. The topological polar surface area (TPSA) is 85.1 Å². The minimum Gasteiger partial charge on any atom is -0.326 e. The molecule has 3 aromatic rings. The molecular weight excluding hydrogens is 465 g/mol. The third kappa shape index (κ3) is 7.15. The van der Waals surface area contributed by atoms with Gasteiger partial charge in [0, 0.05) is 24.2 Å². The number of hydrogen-bond donors (Lipinski definition) is 2. The van der Waals surface area contributed by atoms with E-state index in [1.165, 1.54) is 11.8 Å². The van der Waals surface area contributed by atoms with Crippen molar-refractivity contribution in [2.75, 3.05) is 12.8 Å². The highest BCUT2D eigenvalue weighted by Gasteiger charge is 2.17. The molecule has 176 valence electrons. The monoisotopic (exact) mass is 497 g/mol. The number of aromatic nitrogens is 1. The van der Waals surface area contributed by atoms with E-state index in [-0.39, 0.29) is 24.8 Å². The van der Waals surface area contributed by atoms with Crippen LogP contribution in [0.3, 0.4) is 0 Å². The molecule has 0 aliphatic rings. The van der Waals surface area contributed by atoms with Gasteiger partial charge >= 0.3 is 0 Å². The van der Waals surface area contributed by atoms with Crippen LogP contribution in [0.25, 0.3) is 22.0 Å². The molecule has 0 saturated carbocycles. The zero-order chi connectivity index (χ0) is 21.9. The van der Waals surface area contributed by atoms with E-state index in [2.05, 4.69) is 55.8 Å². The molecule has 3 rings (SSSR count). The fraction of sp³-hybridized carbons (Fsp3) is 0.375. The van der Waals surface area contributed by atoms with E-state index in [1.807, 2.05) is 12.1 Å². The van der Waals surface area contributed by atoms with E-state index in [9.17, 15) is 8.42 Å². The van der Waals surface area contributed by atoms with Crippen LogP contribution in [0.2, 0.25) is 0 Å². The molecule has 1 heterocycles. The number of aryl methyl sites for hydroxylation is 1. The average molecular weight is 499 g/mol. The Bertz CT molecular complexity index is 1150. The number of nitrogens with zero attached hydrogens (tertiary/aromatic N) is 1. The third-order valence-corrected chi connectivity index (χ3v) is 5.89. The summed E-state index contributed by atoms with van der Waals surface area (Å²) in [6.45, 7) is 7.25. The highest BCUT2D eigenvalue weighted by Crippen LogP contribution is 2.34. The molecule has 0 fully saturated rings. The lowest BCUT2D eigenvalue weighted by Gasteiger charge is -2.18. The van der Waals surface area contributed by atoms with Gasteiger partial charge in [-0.15, -0.1) is 24.8 Å². The van der Waals surface area contributed by atoms with Gasteiger partial charge in [-0.05, 0) is 60.1 Å². The van der Waals surface area contributed by atoms with Crippen LogP contribution in [0.1, 0.15) is 36.2 Å². The maximum Gasteiger partial charge on any atom is 0.208 e. The van der Waals surface area contributed by atoms with Gasteiger partial charge in [-0.3, -0.25) is 4.98 Å². The van der Waals surface area contributed by atoms with Crippen molar-refractivity contribution in [1.29, 1.82) is 0 Å². The molecule has 3 N–H and O–H groups in total. The first-order valence-corrected chi connectivity index (χ1v) is 12.2. The molecule has 0 bridgehead atoms. The van der Waals surface area contributed by atoms with Crippen molar-refractivity contribution < 1.29 is 8.42 Å².